The number of halogens is 2. The average molecular weight is 665 g/mol. The number of methoxy groups -OCH3 is 1. The van der Waals surface area contributed by atoms with Crippen LogP contribution in [0.4, 0.5) is 0 Å². The number of esters is 2. The van der Waals surface area contributed by atoms with Crippen molar-refractivity contribution in [3.05, 3.63) is 95.8 Å². The van der Waals surface area contributed by atoms with E-state index in [2.05, 4.69) is 50.2 Å². The van der Waals surface area contributed by atoms with Gasteiger partial charge in [-0.05, 0) is 112 Å². The molecule has 0 saturated heterocycles. The highest BCUT2D eigenvalue weighted by molar-refractivity contribution is 14.1. The summed E-state index contributed by atoms with van der Waals surface area (Å²) < 4.78 is 18.2. The molecule has 0 amide bonds. The quantitative estimate of drug-likeness (QED) is 0.150. The molecule has 1 aliphatic rings. The van der Waals surface area contributed by atoms with Gasteiger partial charge in [-0.3, -0.25) is 0 Å². The fraction of sp³-hybridized carbons (Fsp3) is 0.0800. The van der Waals surface area contributed by atoms with Crippen molar-refractivity contribution in [1.82, 2.24) is 0 Å². The lowest BCUT2D eigenvalue weighted by atomic mass is 10.1. The van der Waals surface area contributed by atoms with Crippen LogP contribution in [0, 0.1) is 14.1 Å². The molecule has 0 saturated carbocycles. The second-order valence-corrected chi connectivity index (χ2v) is 9.49. The normalized spacial score (nSPS) is 14.1. The van der Waals surface area contributed by atoms with E-state index in [1.54, 1.807) is 30.3 Å². The van der Waals surface area contributed by atoms with Gasteiger partial charge in [-0.1, -0.05) is 18.2 Å². The average Bonchev–Trinajstić information content (AvgIpc) is 3.16. The van der Waals surface area contributed by atoms with Gasteiger partial charge in [0.1, 0.15) is 0 Å². The van der Waals surface area contributed by atoms with Crippen molar-refractivity contribution >= 4 is 69.1 Å². The number of hydrogen-bond donors (Lipinski definition) is 0. The minimum Gasteiger partial charge on any atom is -0.493 e. The third-order valence-electron chi connectivity index (χ3n) is 4.83. The summed E-state index contributed by atoms with van der Waals surface area (Å²) in [6.45, 7) is 1.85. The summed E-state index contributed by atoms with van der Waals surface area (Å²) in [7, 11) is 1.49. The zero-order valence-electron chi connectivity index (χ0n) is 17.6. The Morgan fingerprint density at radius 1 is 1.06 bits per heavy atom. The molecular formula is C25H17I2NO5. The predicted octanol–water partition coefficient (Wildman–Crippen LogP) is 5.78. The molecule has 0 atom stereocenters. The Morgan fingerprint density at radius 3 is 2.48 bits per heavy atom. The van der Waals surface area contributed by atoms with Crippen molar-refractivity contribution in [1.29, 1.82) is 0 Å². The number of hydrogen-bond acceptors (Lipinski definition) is 6. The molecule has 4 rings (SSSR count). The maximum absolute atomic E-state index is 12.7. The van der Waals surface area contributed by atoms with Gasteiger partial charge in [0.05, 0.1) is 16.2 Å². The Kier molecular flexibility index (Phi) is 7.13. The minimum absolute atomic E-state index is 0.172. The van der Waals surface area contributed by atoms with E-state index in [-0.39, 0.29) is 11.6 Å². The van der Waals surface area contributed by atoms with E-state index in [4.69, 9.17) is 14.2 Å². The van der Waals surface area contributed by atoms with Crippen molar-refractivity contribution in [3.8, 4) is 11.5 Å². The number of rotatable bonds is 5. The summed E-state index contributed by atoms with van der Waals surface area (Å²) in [4.78, 5) is 29.4. The molecular weight excluding hydrogens is 648 g/mol. The van der Waals surface area contributed by atoms with Gasteiger partial charge in [0.2, 0.25) is 5.90 Å². The topological polar surface area (TPSA) is 74.2 Å². The van der Waals surface area contributed by atoms with E-state index in [0.29, 0.717) is 26.2 Å². The van der Waals surface area contributed by atoms with Crippen molar-refractivity contribution < 1.29 is 23.8 Å². The molecule has 0 radical (unpaired) electrons. The largest absolute Gasteiger partial charge is 0.493 e. The van der Waals surface area contributed by atoms with Crippen LogP contribution in [0.1, 0.15) is 27.0 Å². The lowest BCUT2D eigenvalue weighted by molar-refractivity contribution is -0.129. The molecule has 8 heteroatoms. The molecule has 3 aromatic rings. The maximum Gasteiger partial charge on any atom is 0.363 e. The molecule has 166 valence electrons. The first-order valence-corrected chi connectivity index (χ1v) is 12.0. The van der Waals surface area contributed by atoms with Gasteiger partial charge >= 0.3 is 11.9 Å². The molecule has 0 aromatic heterocycles. The molecule has 1 heterocycles. The Bertz CT molecular complexity index is 1310. The fourth-order valence-electron chi connectivity index (χ4n) is 3.15. The predicted molar refractivity (Wildman–Crippen MR) is 142 cm³/mol. The third kappa shape index (κ3) is 5.27. The van der Waals surface area contributed by atoms with Crippen molar-refractivity contribution in [3.63, 3.8) is 0 Å². The third-order valence-corrected chi connectivity index (χ3v) is 6.35. The summed E-state index contributed by atoms with van der Waals surface area (Å²) >= 11 is 4.27. The van der Waals surface area contributed by atoms with Crippen LogP contribution in [0.25, 0.3) is 6.08 Å². The summed E-state index contributed by atoms with van der Waals surface area (Å²) in [5.41, 5.74) is 2.85. The SMILES string of the molecule is COc1cc(/C=C2\N=C(c3ccc(I)cc3)OC2=O)cc(I)c1OC(=O)c1ccccc1C. The summed E-state index contributed by atoms with van der Waals surface area (Å²) in [6.07, 6.45) is 1.61. The molecule has 0 aliphatic carbocycles. The highest BCUT2D eigenvalue weighted by Gasteiger charge is 2.25. The monoisotopic (exact) mass is 665 g/mol. The van der Waals surface area contributed by atoms with Crippen LogP contribution < -0.4 is 9.47 Å². The second kappa shape index (κ2) is 10.0. The zero-order valence-corrected chi connectivity index (χ0v) is 21.9. The fourth-order valence-corrected chi connectivity index (χ4v) is 4.25. The van der Waals surface area contributed by atoms with Crippen molar-refractivity contribution in [2.24, 2.45) is 4.99 Å². The van der Waals surface area contributed by atoms with Gasteiger partial charge in [0, 0.05) is 9.13 Å². The number of aliphatic imine (C=N–C) groups is 1. The smallest absolute Gasteiger partial charge is 0.363 e. The lowest BCUT2D eigenvalue weighted by Gasteiger charge is -2.13. The van der Waals surface area contributed by atoms with Crippen molar-refractivity contribution in [2.45, 2.75) is 6.92 Å². The van der Waals surface area contributed by atoms with E-state index in [1.807, 2.05) is 43.3 Å². The first kappa shape index (κ1) is 23.4. The first-order chi connectivity index (χ1) is 15.9. The number of benzene rings is 3. The van der Waals surface area contributed by atoms with Crippen LogP contribution >= 0.6 is 45.2 Å². The number of carbonyl (C=O) groups excluding carboxylic acids is 2. The molecule has 6 nitrogen and oxygen atoms in total. The molecule has 0 unspecified atom stereocenters. The highest BCUT2D eigenvalue weighted by Crippen LogP contribution is 2.35. The Morgan fingerprint density at radius 2 is 1.79 bits per heavy atom. The Balaban J connectivity index is 1.63. The molecule has 0 fully saturated rings. The highest BCUT2D eigenvalue weighted by atomic mass is 127. The number of cyclic esters (lactones) is 1. The zero-order chi connectivity index (χ0) is 23.5. The van der Waals surface area contributed by atoms with E-state index in [1.165, 1.54) is 7.11 Å². The van der Waals surface area contributed by atoms with Crippen LogP contribution in [0.2, 0.25) is 0 Å². The van der Waals surface area contributed by atoms with Crippen LogP contribution in [-0.2, 0) is 9.53 Å². The van der Waals surface area contributed by atoms with Crippen LogP contribution in [0.5, 0.6) is 11.5 Å². The molecule has 0 bridgehead atoms. The van der Waals surface area contributed by atoms with Gasteiger partial charge in [-0.2, -0.15) is 0 Å². The van der Waals surface area contributed by atoms with Gasteiger partial charge in [-0.15, -0.1) is 0 Å². The summed E-state index contributed by atoms with van der Waals surface area (Å²) in [6, 6.07) is 18.2. The lowest BCUT2D eigenvalue weighted by Crippen LogP contribution is -2.11. The number of nitrogens with zero attached hydrogens (tertiary/aromatic N) is 1. The Hall–Kier alpha value is -2.73. The minimum atomic E-state index is -0.535. The van der Waals surface area contributed by atoms with Gasteiger partial charge in [-0.25, -0.2) is 14.6 Å². The summed E-state index contributed by atoms with van der Waals surface area (Å²) in [5.74, 6) is -0.0725. The van der Waals surface area contributed by atoms with Gasteiger partial charge < -0.3 is 14.2 Å². The standard InChI is InChI=1S/C25H17I2NO5/c1-14-5-3-4-6-18(14)24(29)32-22-19(27)11-15(13-21(22)31-2)12-20-25(30)33-23(28-20)16-7-9-17(26)10-8-16/h3-13H,1-2H3/b20-12-. The summed E-state index contributed by atoms with van der Waals surface area (Å²) in [5, 5.41) is 0. The molecule has 0 spiro atoms. The van der Waals surface area contributed by atoms with Crippen molar-refractivity contribution in [2.75, 3.05) is 7.11 Å². The maximum atomic E-state index is 12.7. The van der Waals surface area contributed by atoms with Gasteiger partial charge in [0.25, 0.3) is 0 Å². The first-order valence-electron chi connectivity index (χ1n) is 9.79. The number of carbonyl (C=O) groups is 2. The molecule has 1 aliphatic heterocycles. The van der Waals surface area contributed by atoms with E-state index in [9.17, 15) is 9.59 Å². The van der Waals surface area contributed by atoms with E-state index in [0.717, 1.165) is 14.7 Å². The van der Waals surface area contributed by atoms with Gasteiger partial charge in [0.15, 0.2) is 17.2 Å². The number of ether oxygens (including phenoxy) is 3. The van der Waals surface area contributed by atoms with E-state index >= 15 is 0 Å². The van der Waals surface area contributed by atoms with Crippen LogP contribution in [-0.4, -0.2) is 24.9 Å². The molecule has 3 aromatic carbocycles. The number of aryl methyl sites for hydroxylation is 1. The second-order valence-electron chi connectivity index (χ2n) is 7.08. The molecule has 0 N–H and O–H groups in total. The van der Waals surface area contributed by atoms with E-state index < -0.39 is 11.9 Å². The van der Waals surface area contributed by atoms with Crippen LogP contribution in [0.15, 0.2) is 71.4 Å². The molecule has 33 heavy (non-hydrogen) atoms. The Labute approximate surface area is 217 Å². The van der Waals surface area contributed by atoms with Crippen LogP contribution in [0.3, 0.4) is 0 Å².